The first-order valence-corrected chi connectivity index (χ1v) is 4.23. The van der Waals surface area contributed by atoms with Gasteiger partial charge in [-0.1, -0.05) is 6.07 Å². The summed E-state index contributed by atoms with van der Waals surface area (Å²) in [6, 6.07) is 4.62. The number of benzene rings is 1. The molecule has 0 aromatic heterocycles. The van der Waals surface area contributed by atoms with Crippen LogP contribution in [-0.4, -0.2) is 18.7 Å². The summed E-state index contributed by atoms with van der Waals surface area (Å²) in [6.45, 7) is 0.366. The minimum Gasteiger partial charge on any atom is -0.512 e. The molecule has 3 nitrogen and oxygen atoms in total. The molecule has 0 amide bonds. The van der Waals surface area contributed by atoms with Crippen molar-refractivity contribution in [1.82, 2.24) is 0 Å². The topological polar surface area (TPSA) is 32.7 Å². The maximum Gasteiger partial charge on any atom is 0.157 e. The second kappa shape index (κ2) is 3.21. The molecule has 1 aliphatic heterocycles. The molecule has 14 heavy (non-hydrogen) atoms. The predicted molar refractivity (Wildman–Crippen MR) is 51.0 cm³/mol. The van der Waals surface area contributed by atoms with Crippen molar-refractivity contribution in [2.45, 2.75) is 0 Å². The molecule has 0 bridgehead atoms. The molecule has 0 fully saturated rings. The van der Waals surface area contributed by atoms with E-state index in [4.69, 9.17) is 9.84 Å². The van der Waals surface area contributed by atoms with E-state index in [0.717, 1.165) is 6.26 Å². The molecule has 0 saturated carbocycles. The van der Waals surface area contributed by atoms with Crippen LogP contribution in [0, 0.1) is 5.82 Å². The highest BCUT2D eigenvalue weighted by Crippen LogP contribution is 2.35. The van der Waals surface area contributed by atoms with Crippen LogP contribution in [0.4, 0.5) is 10.1 Å². The number of rotatable bonds is 0. The fourth-order valence-electron chi connectivity index (χ4n) is 1.50. The van der Waals surface area contributed by atoms with Crippen molar-refractivity contribution in [3.8, 4) is 5.75 Å². The van der Waals surface area contributed by atoms with Crippen molar-refractivity contribution in [3.05, 3.63) is 36.0 Å². The third-order valence-electron chi connectivity index (χ3n) is 2.11. The molecule has 1 aliphatic rings. The Hall–Kier alpha value is -1.71. The van der Waals surface area contributed by atoms with E-state index in [9.17, 15) is 4.39 Å². The van der Waals surface area contributed by atoms with Gasteiger partial charge in [-0.2, -0.15) is 0 Å². The Morgan fingerprint density at radius 1 is 1.57 bits per heavy atom. The molecule has 74 valence electrons. The predicted octanol–water partition coefficient (Wildman–Crippen LogP) is 2.05. The molecule has 1 aromatic carbocycles. The number of ether oxygens (including phenoxy) is 1. The van der Waals surface area contributed by atoms with Crippen LogP contribution in [0.2, 0.25) is 0 Å². The average Bonchev–Trinajstić information content (AvgIpc) is 2.17. The van der Waals surface area contributed by atoms with Crippen molar-refractivity contribution in [1.29, 1.82) is 0 Å². The number of fused-ring (bicyclic) bond motifs is 1. The Morgan fingerprint density at radius 3 is 3.07 bits per heavy atom. The fraction of sp³-hybridized carbons (Fsp3) is 0.200. The smallest absolute Gasteiger partial charge is 0.157 e. The van der Waals surface area contributed by atoms with E-state index in [2.05, 4.69) is 0 Å². The zero-order chi connectivity index (χ0) is 10.1. The van der Waals surface area contributed by atoms with Crippen molar-refractivity contribution < 1.29 is 14.2 Å². The second-order valence-corrected chi connectivity index (χ2v) is 3.14. The summed E-state index contributed by atoms with van der Waals surface area (Å²) >= 11 is 0. The third kappa shape index (κ3) is 1.28. The van der Waals surface area contributed by atoms with Gasteiger partial charge in [-0.05, 0) is 12.1 Å². The van der Waals surface area contributed by atoms with Crippen LogP contribution in [0.1, 0.15) is 0 Å². The lowest BCUT2D eigenvalue weighted by Crippen LogP contribution is -2.28. The van der Waals surface area contributed by atoms with Crippen molar-refractivity contribution in [2.75, 3.05) is 18.5 Å². The molecule has 1 aromatic rings. The zero-order valence-electron chi connectivity index (χ0n) is 7.70. The number of hydrogen-bond donors (Lipinski definition) is 1. The van der Waals surface area contributed by atoms with Gasteiger partial charge >= 0.3 is 0 Å². The van der Waals surface area contributed by atoms with Gasteiger partial charge < -0.3 is 14.7 Å². The Kier molecular flexibility index (Phi) is 2.04. The van der Waals surface area contributed by atoms with Gasteiger partial charge in [0.2, 0.25) is 0 Å². The number of anilines is 1. The van der Waals surface area contributed by atoms with Gasteiger partial charge in [-0.3, -0.25) is 0 Å². The lowest BCUT2D eigenvalue weighted by atomic mass is 10.2. The van der Waals surface area contributed by atoms with Crippen LogP contribution in [-0.2, 0) is 0 Å². The molecule has 0 radical (unpaired) electrons. The first-order chi connectivity index (χ1) is 6.72. The number of likely N-dealkylation sites (N-methyl/N-ethyl adjacent to an activating group) is 1. The third-order valence-corrected chi connectivity index (χ3v) is 2.11. The Labute approximate surface area is 81.0 Å². The Bertz CT molecular complexity index is 390. The van der Waals surface area contributed by atoms with Crippen LogP contribution < -0.4 is 9.64 Å². The van der Waals surface area contributed by atoms with E-state index >= 15 is 0 Å². The van der Waals surface area contributed by atoms with Gasteiger partial charge in [-0.15, -0.1) is 0 Å². The summed E-state index contributed by atoms with van der Waals surface area (Å²) in [7, 11) is 1.74. The molecule has 0 aliphatic carbocycles. The van der Waals surface area contributed by atoms with Gasteiger partial charge in [0.15, 0.2) is 11.5 Å². The fourth-order valence-corrected chi connectivity index (χ4v) is 1.50. The number of aliphatic hydroxyl groups is 1. The van der Waals surface area contributed by atoms with Gasteiger partial charge in [0.1, 0.15) is 17.8 Å². The molecule has 0 atom stereocenters. The number of nitrogens with zero attached hydrogens (tertiary/aromatic N) is 1. The Balaban J connectivity index is 2.50. The van der Waals surface area contributed by atoms with Crippen LogP contribution in [0.15, 0.2) is 30.2 Å². The van der Waals surface area contributed by atoms with Crippen LogP contribution in [0.5, 0.6) is 5.75 Å². The first kappa shape index (κ1) is 8.87. The van der Waals surface area contributed by atoms with Crippen LogP contribution in [0.3, 0.4) is 0 Å². The Morgan fingerprint density at radius 2 is 2.36 bits per heavy atom. The summed E-state index contributed by atoms with van der Waals surface area (Å²) in [5, 5.41) is 8.80. The average molecular weight is 195 g/mol. The van der Waals surface area contributed by atoms with Gasteiger partial charge in [0, 0.05) is 7.05 Å². The summed E-state index contributed by atoms with van der Waals surface area (Å²) < 4.78 is 18.6. The lowest BCUT2D eigenvalue weighted by molar-refractivity contribution is 0.353. The monoisotopic (exact) mass is 195 g/mol. The highest BCUT2D eigenvalue weighted by Gasteiger charge is 2.21. The summed E-state index contributed by atoms with van der Waals surface area (Å²) in [5.41, 5.74) is 0.429. The van der Waals surface area contributed by atoms with E-state index in [1.165, 1.54) is 6.07 Å². The molecule has 1 heterocycles. The van der Waals surface area contributed by atoms with Gasteiger partial charge in [0.05, 0.1) is 6.54 Å². The minimum atomic E-state index is -0.318. The van der Waals surface area contributed by atoms with Crippen molar-refractivity contribution in [3.63, 3.8) is 0 Å². The summed E-state index contributed by atoms with van der Waals surface area (Å²) in [4.78, 5) is 1.69. The molecule has 0 spiro atoms. The summed E-state index contributed by atoms with van der Waals surface area (Å²) in [6.07, 6.45) is 0.893. The van der Waals surface area contributed by atoms with E-state index in [0.29, 0.717) is 23.7 Å². The van der Waals surface area contributed by atoms with Crippen LogP contribution in [0.25, 0.3) is 0 Å². The first-order valence-electron chi connectivity index (χ1n) is 4.23. The molecule has 0 saturated heterocycles. The molecule has 0 unspecified atom stereocenters. The standard InChI is InChI=1S/C10H10FNO2/c1-12-5-7(6-13)14-9-4-2-3-8(11)10(9)12/h2-4,6,13H,5H2,1H3/b7-6+. The number of hydrogen-bond acceptors (Lipinski definition) is 3. The molecular weight excluding hydrogens is 185 g/mol. The summed E-state index contributed by atoms with van der Waals surface area (Å²) in [5.74, 6) is 0.520. The molecule has 4 heteroatoms. The van der Waals surface area contributed by atoms with Crippen LogP contribution >= 0.6 is 0 Å². The van der Waals surface area contributed by atoms with Crippen molar-refractivity contribution in [2.24, 2.45) is 0 Å². The number of aliphatic hydroxyl groups excluding tert-OH is 1. The highest BCUT2D eigenvalue weighted by molar-refractivity contribution is 5.62. The van der Waals surface area contributed by atoms with E-state index in [1.54, 1.807) is 24.1 Å². The van der Waals surface area contributed by atoms with Crippen molar-refractivity contribution >= 4 is 5.69 Å². The maximum atomic E-state index is 13.3. The van der Waals surface area contributed by atoms with E-state index in [1.807, 2.05) is 0 Å². The maximum absolute atomic E-state index is 13.3. The number of halogens is 1. The molecule has 2 rings (SSSR count). The second-order valence-electron chi connectivity index (χ2n) is 3.14. The largest absolute Gasteiger partial charge is 0.512 e. The van der Waals surface area contributed by atoms with Gasteiger partial charge in [0.25, 0.3) is 0 Å². The zero-order valence-corrected chi connectivity index (χ0v) is 7.70. The minimum absolute atomic E-state index is 0.318. The van der Waals surface area contributed by atoms with E-state index < -0.39 is 0 Å². The SMILES string of the molecule is CN1C/C(=C\O)Oc2cccc(F)c21. The molecular formula is C10H10FNO2. The lowest BCUT2D eigenvalue weighted by Gasteiger charge is -2.28. The molecule has 1 N–H and O–H groups in total. The highest BCUT2D eigenvalue weighted by atomic mass is 19.1. The number of para-hydroxylation sites is 1. The van der Waals surface area contributed by atoms with Gasteiger partial charge in [-0.25, -0.2) is 4.39 Å². The van der Waals surface area contributed by atoms with E-state index in [-0.39, 0.29) is 5.82 Å². The normalized spacial score (nSPS) is 17.9. The quantitative estimate of drug-likeness (QED) is 0.643.